The van der Waals surface area contributed by atoms with Crippen molar-refractivity contribution in [2.45, 2.75) is 38.6 Å². The molecule has 0 saturated heterocycles. The van der Waals surface area contributed by atoms with Gasteiger partial charge in [-0.05, 0) is 42.5 Å². The molecule has 5 nitrogen and oxygen atoms in total. The number of aromatic nitrogens is 1. The smallest absolute Gasteiger partial charge is 0.257 e. The SMILES string of the molecule is CC(C)c1ccc(NC(=O)c2cncc(C(=O)NC3CC3)c2)cc1. The molecule has 0 aliphatic heterocycles. The van der Waals surface area contributed by atoms with Crippen molar-refractivity contribution in [3.05, 3.63) is 59.4 Å². The summed E-state index contributed by atoms with van der Waals surface area (Å²) in [5, 5.41) is 5.73. The Morgan fingerprint density at radius 3 is 2.25 bits per heavy atom. The molecule has 1 saturated carbocycles. The molecule has 1 aromatic heterocycles. The zero-order valence-corrected chi connectivity index (χ0v) is 13.9. The van der Waals surface area contributed by atoms with Crippen molar-refractivity contribution in [1.29, 1.82) is 0 Å². The molecule has 0 bridgehead atoms. The van der Waals surface area contributed by atoms with E-state index in [2.05, 4.69) is 29.5 Å². The molecule has 0 spiro atoms. The molecule has 0 radical (unpaired) electrons. The van der Waals surface area contributed by atoms with Gasteiger partial charge in [0.2, 0.25) is 0 Å². The number of nitrogens with one attached hydrogen (secondary N) is 2. The van der Waals surface area contributed by atoms with Crippen molar-refractivity contribution in [1.82, 2.24) is 10.3 Å². The summed E-state index contributed by atoms with van der Waals surface area (Å²) in [6.45, 7) is 4.24. The van der Waals surface area contributed by atoms with E-state index in [9.17, 15) is 9.59 Å². The lowest BCUT2D eigenvalue weighted by Gasteiger charge is -2.09. The van der Waals surface area contributed by atoms with Crippen LogP contribution in [0.25, 0.3) is 0 Å². The lowest BCUT2D eigenvalue weighted by molar-refractivity contribution is 0.0950. The quantitative estimate of drug-likeness (QED) is 0.886. The summed E-state index contributed by atoms with van der Waals surface area (Å²) in [5.41, 5.74) is 2.71. The molecule has 1 aromatic carbocycles. The van der Waals surface area contributed by atoms with Crippen LogP contribution in [0.3, 0.4) is 0 Å². The summed E-state index contributed by atoms with van der Waals surface area (Å²) in [6.07, 6.45) is 4.98. The van der Waals surface area contributed by atoms with E-state index in [0.29, 0.717) is 17.0 Å². The number of rotatable bonds is 5. The minimum Gasteiger partial charge on any atom is -0.349 e. The van der Waals surface area contributed by atoms with Crippen molar-refractivity contribution in [3.63, 3.8) is 0 Å². The highest BCUT2D eigenvalue weighted by atomic mass is 16.2. The van der Waals surface area contributed by atoms with Gasteiger partial charge in [-0.2, -0.15) is 0 Å². The standard InChI is InChI=1S/C19H21N3O2/c1-12(2)13-3-5-16(6-4-13)21-18(23)14-9-15(11-20-10-14)19(24)22-17-7-8-17/h3-6,9-12,17H,7-8H2,1-2H3,(H,21,23)(H,22,24). The third kappa shape index (κ3) is 3.98. The van der Waals surface area contributed by atoms with E-state index < -0.39 is 0 Å². The van der Waals surface area contributed by atoms with Gasteiger partial charge in [-0.25, -0.2) is 0 Å². The number of carbonyl (C=O) groups excluding carboxylic acids is 2. The van der Waals surface area contributed by atoms with Gasteiger partial charge in [0.1, 0.15) is 0 Å². The van der Waals surface area contributed by atoms with Crippen molar-refractivity contribution < 1.29 is 9.59 Å². The van der Waals surface area contributed by atoms with Gasteiger partial charge in [0, 0.05) is 24.1 Å². The lowest BCUT2D eigenvalue weighted by Crippen LogP contribution is -2.26. The van der Waals surface area contributed by atoms with Gasteiger partial charge < -0.3 is 10.6 Å². The van der Waals surface area contributed by atoms with E-state index in [1.165, 1.54) is 18.0 Å². The van der Waals surface area contributed by atoms with Crippen molar-refractivity contribution >= 4 is 17.5 Å². The average Bonchev–Trinajstić information content (AvgIpc) is 3.39. The minimum absolute atomic E-state index is 0.180. The number of amides is 2. The summed E-state index contributed by atoms with van der Waals surface area (Å²) in [6, 6.07) is 9.60. The normalized spacial score (nSPS) is 13.6. The first-order chi connectivity index (χ1) is 11.5. The molecule has 1 fully saturated rings. The first kappa shape index (κ1) is 16.2. The fraction of sp³-hybridized carbons (Fsp3) is 0.316. The summed E-state index contributed by atoms with van der Waals surface area (Å²) in [5.74, 6) is -0.0116. The zero-order valence-electron chi connectivity index (χ0n) is 13.9. The lowest BCUT2D eigenvalue weighted by atomic mass is 10.0. The van der Waals surface area contributed by atoms with Crippen molar-refractivity contribution in [2.75, 3.05) is 5.32 Å². The van der Waals surface area contributed by atoms with E-state index in [4.69, 9.17) is 0 Å². The molecule has 0 unspecified atom stereocenters. The predicted molar refractivity (Wildman–Crippen MR) is 93.2 cm³/mol. The van der Waals surface area contributed by atoms with E-state index >= 15 is 0 Å². The molecule has 2 aromatic rings. The maximum absolute atomic E-state index is 12.4. The highest BCUT2D eigenvalue weighted by Gasteiger charge is 2.24. The summed E-state index contributed by atoms with van der Waals surface area (Å²) >= 11 is 0. The first-order valence-electron chi connectivity index (χ1n) is 8.20. The number of benzene rings is 1. The summed E-state index contributed by atoms with van der Waals surface area (Å²) < 4.78 is 0. The molecule has 0 atom stereocenters. The third-order valence-electron chi connectivity index (χ3n) is 4.01. The number of nitrogens with zero attached hydrogens (tertiary/aromatic N) is 1. The van der Waals surface area contributed by atoms with Crippen LogP contribution in [0.4, 0.5) is 5.69 Å². The number of hydrogen-bond donors (Lipinski definition) is 2. The second-order valence-corrected chi connectivity index (χ2v) is 6.44. The Morgan fingerprint density at radius 1 is 1.04 bits per heavy atom. The Labute approximate surface area is 141 Å². The molecule has 124 valence electrons. The second-order valence-electron chi connectivity index (χ2n) is 6.44. The van der Waals surface area contributed by atoms with Gasteiger partial charge in [0.05, 0.1) is 11.1 Å². The molecular weight excluding hydrogens is 302 g/mol. The molecule has 2 N–H and O–H groups in total. The van der Waals surface area contributed by atoms with Crippen LogP contribution < -0.4 is 10.6 Å². The molecule has 24 heavy (non-hydrogen) atoms. The van der Waals surface area contributed by atoms with E-state index in [-0.39, 0.29) is 17.9 Å². The third-order valence-corrected chi connectivity index (χ3v) is 4.01. The van der Waals surface area contributed by atoms with Gasteiger partial charge in [-0.15, -0.1) is 0 Å². The van der Waals surface area contributed by atoms with Gasteiger partial charge >= 0.3 is 0 Å². The highest BCUT2D eigenvalue weighted by Crippen LogP contribution is 2.20. The Hall–Kier alpha value is -2.69. The molecular formula is C19H21N3O2. The van der Waals surface area contributed by atoms with E-state index in [1.54, 1.807) is 6.07 Å². The van der Waals surface area contributed by atoms with Crippen molar-refractivity contribution in [3.8, 4) is 0 Å². The maximum Gasteiger partial charge on any atom is 0.257 e. The molecule has 1 aliphatic carbocycles. The number of pyridine rings is 1. The van der Waals surface area contributed by atoms with E-state index in [1.807, 2.05) is 24.3 Å². The van der Waals surface area contributed by atoms with Crippen LogP contribution in [0, 0.1) is 0 Å². The number of hydrogen-bond acceptors (Lipinski definition) is 3. The molecule has 3 rings (SSSR count). The Balaban J connectivity index is 1.69. The summed E-state index contributed by atoms with van der Waals surface area (Å²) in [4.78, 5) is 28.4. The molecule has 5 heteroatoms. The van der Waals surface area contributed by atoms with Crippen LogP contribution in [0.1, 0.15) is 58.9 Å². The highest BCUT2D eigenvalue weighted by molar-refractivity contribution is 6.05. The van der Waals surface area contributed by atoms with Crippen LogP contribution in [-0.2, 0) is 0 Å². The molecule has 1 heterocycles. The largest absolute Gasteiger partial charge is 0.349 e. The van der Waals surface area contributed by atoms with Gasteiger partial charge in [0.25, 0.3) is 11.8 Å². The van der Waals surface area contributed by atoms with Gasteiger partial charge in [-0.3, -0.25) is 14.6 Å². The monoisotopic (exact) mass is 323 g/mol. The number of carbonyl (C=O) groups is 2. The first-order valence-corrected chi connectivity index (χ1v) is 8.20. The predicted octanol–water partition coefficient (Wildman–Crippen LogP) is 3.35. The van der Waals surface area contributed by atoms with Crippen LogP contribution in [-0.4, -0.2) is 22.8 Å². The Bertz CT molecular complexity index is 749. The fourth-order valence-electron chi connectivity index (χ4n) is 2.34. The molecule has 2 amide bonds. The fourth-order valence-corrected chi connectivity index (χ4v) is 2.34. The molecule has 1 aliphatic rings. The second kappa shape index (κ2) is 6.83. The zero-order chi connectivity index (χ0) is 17.1. The van der Waals surface area contributed by atoms with Crippen LogP contribution in [0.5, 0.6) is 0 Å². The Kier molecular flexibility index (Phi) is 4.60. The van der Waals surface area contributed by atoms with Crippen LogP contribution in [0.2, 0.25) is 0 Å². The van der Waals surface area contributed by atoms with E-state index in [0.717, 1.165) is 18.5 Å². The number of anilines is 1. The topological polar surface area (TPSA) is 71.1 Å². The van der Waals surface area contributed by atoms with Crippen molar-refractivity contribution in [2.24, 2.45) is 0 Å². The minimum atomic E-state index is -0.277. The van der Waals surface area contributed by atoms with Crippen LogP contribution >= 0.6 is 0 Å². The summed E-state index contributed by atoms with van der Waals surface area (Å²) in [7, 11) is 0. The average molecular weight is 323 g/mol. The Morgan fingerprint density at radius 2 is 1.67 bits per heavy atom. The van der Waals surface area contributed by atoms with Gasteiger partial charge in [0.15, 0.2) is 0 Å². The van der Waals surface area contributed by atoms with Crippen LogP contribution in [0.15, 0.2) is 42.7 Å². The maximum atomic E-state index is 12.4. The van der Waals surface area contributed by atoms with Gasteiger partial charge in [-0.1, -0.05) is 26.0 Å².